The number of nitrogens with zero attached hydrogens (tertiary/aromatic N) is 1. The summed E-state index contributed by atoms with van der Waals surface area (Å²) < 4.78 is 37.0. The smallest absolute Gasteiger partial charge is 0.214 e. The Bertz CT molecular complexity index is 599. The highest BCUT2D eigenvalue weighted by molar-refractivity contribution is 7.89. The van der Waals surface area contributed by atoms with E-state index in [1.54, 1.807) is 11.2 Å². The lowest BCUT2D eigenvalue weighted by molar-refractivity contribution is 0.171. The van der Waals surface area contributed by atoms with Crippen molar-refractivity contribution in [3.8, 4) is 11.5 Å². The van der Waals surface area contributed by atoms with Crippen LogP contribution in [0.5, 0.6) is 11.5 Å². The van der Waals surface area contributed by atoms with Crippen LogP contribution in [0.4, 0.5) is 0 Å². The average Bonchev–Trinajstić information content (AvgIpc) is 2.97. The first-order valence-corrected chi connectivity index (χ1v) is 8.62. The topological polar surface area (TPSA) is 55.8 Å². The molecule has 110 valence electrons. The summed E-state index contributed by atoms with van der Waals surface area (Å²) in [6, 6.07) is 5.67. The van der Waals surface area contributed by atoms with Crippen molar-refractivity contribution in [1.29, 1.82) is 0 Å². The lowest BCUT2D eigenvalue weighted by Crippen LogP contribution is -2.31. The summed E-state index contributed by atoms with van der Waals surface area (Å²) in [6.07, 6.45) is 1.76. The quantitative estimate of drug-likeness (QED) is 0.855. The molecule has 2 aliphatic rings. The molecule has 1 fully saturated rings. The van der Waals surface area contributed by atoms with Crippen LogP contribution in [0, 0.1) is 0 Å². The van der Waals surface area contributed by atoms with Gasteiger partial charge in [-0.25, -0.2) is 8.42 Å². The highest BCUT2D eigenvalue weighted by Gasteiger charge is 2.34. The van der Waals surface area contributed by atoms with E-state index in [0.29, 0.717) is 19.8 Å². The van der Waals surface area contributed by atoms with Crippen molar-refractivity contribution in [3.63, 3.8) is 0 Å². The van der Waals surface area contributed by atoms with Crippen molar-refractivity contribution >= 4 is 10.0 Å². The third-order valence-corrected chi connectivity index (χ3v) is 5.76. The van der Waals surface area contributed by atoms with Gasteiger partial charge in [0.2, 0.25) is 10.0 Å². The Morgan fingerprint density at radius 1 is 1.25 bits per heavy atom. The van der Waals surface area contributed by atoms with Crippen LogP contribution in [0.3, 0.4) is 0 Å². The normalized spacial score (nSPS) is 22.9. The van der Waals surface area contributed by atoms with E-state index in [-0.39, 0.29) is 11.8 Å². The maximum Gasteiger partial charge on any atom is 0.214 e. The fourth-order valence-corrected chi connectivity index (χ4v) is 4.19. The molecule has 0 spiro atoms. The van der Waals surface area contributed by atoms with Crippen LogP contribution in [0.15, 0.2) is 18.2 Å². The van der Waals surface area contributed by atoms with Gasteiger partial charge in [-0.3, -0.25) is 0 Å². The van der Waals surface area contributed by atoms with E-state index in [1.807, 2.05) is 18.2 Å². The minimum absolute atomic E-state index is 0.0734. The molecule has 1 unspecified atom stereocenters. The van der Waals surface area contributed by atoms with Gasteiger partial charge in [0.1, 0.15) is 13.2 Å². The molecule has 3 rings (SSSR count). The zero-order valence-electron chi connectivity index (χ0n) is 11.5. The second-order valence-corrected chi connectivity index (χ2v) is 7.28. The van der Waals surface area contributed by atoms with Gasteiger partial charge in [-0.15, -0.1) is 0 Å². The van der Waals surface area contributed by atoms with E-state index in [2.05, 4.69) is 0 Å². The van der Waals surface area contributed by atoms with Gasteiger partial charge in [0.15, 0.2) is 11.5 Å². The van der Waals surface area contributed by atoms with Crippen molar-refractivity contribution in [2.75, 3.05) is 25.5 Å². The fraction of sp³-hybridized carbons (Fsp3) is 0.571. The predicted molar refractivity (Wildman–Crippen MR) is 75.6 cm³/mol. The van der Waals surface area contributed by atoms with Crippen LogP contribution in [-0.4, -0.2) is 38.2 Å². The van der Waals surface area contributed by atoms with E-state index in [0.717, 1.165) is 29.9 Å². The van der Waals surface area contributed by atoms with Gasteiger partial charge < -0.3 is 9.47 Å². The van der Waals surface area contributed by atoms with Crippen molar-refractivity contribution in [3.05, 3.63) is 23.8 Å². The molecule has 0 amide bonds. The molecule has 1 atom stereocenters. The summed E-state index contributed by atoms with van der Waals surface area (Å²) in [5.74, 6) is 1.60. The number of rotatable bonds is 3. The standard InChI is InChI=1S/C14H19NO4S/c1-2-20(16,17)15-7-3-4-12(15)11-5-6-13-14(10-11)19-9-8-18-13/h5-6,10,12H,2-4,7-9H2,1H3. The lowest BCUT2D eigenvalue weighted by atomic mass is 10.0. The van der Waals surface area contributed by atoms with E-state index in [9.17, 15) is 8.42 Å². The lowest BCUT2D eigenvalue weighted by Gasteiger charge is -2.25. The van der Waals surface area contributed by atoms with Gasteiger partial charge in [-0.2, -0.15) is 4.31 Å². The minimum Gasteiger partial charge on any atom is -0.486 e. The fourth-order valence-electron chi connectivity index (χ4n) is 2.84. The molecule has 2 heterocycles. The van der Waals surface area contributed by atoms with Crippen LogP contribution in [0.1, 0.15) is 31.4 Å². The number of hydrogen-bond acceptors (Lipinski definition) is 4. The molecular formula is C14H19NO4S. The SMILES string of the molecule is CCS(=O)(=O)N1CCCC1c1ccc2c(c1)OCCO2. The van der Waals surface area contributed by atoms with Gasteiger partial charge in [-0.05, 0) is 37.5 Å². The molecule has 20 heavy (non-hydrogen) atoms. The van der Waals surface area contributed by atoms with Gasteiger partial charge >= 0.3 is 0 Å². The van der Waals surface area contributed by atoms with Crippen molar-refractivity contribution in [2.24, 2.45) is 0 Å². The largest absolute Gasteiger partial charge is 0.486 e. The molecule has 1 aromatic rings. The number of benzene rings is 1. The summed E-state index contributed by atoms with van der Waals surface area (Å²) >= 11 is 0. The molecule has 0 aromatic heterocycles. The zero-order chi connectivity index (χ0) is 14.2. The summed E-state index contributed by atoms with van der Waals surface area (Å²) in [4.78, 5) is 0. The van der Waals surface area contributed by atoms with Gasteiger partial charge in [0.05, 0.1) is 5.75 Å². The Morgan fingerprint density at radius 3 is 2.75 bits per heavy atom. The molecule has 6 heteroatoms. The van der Waals surface area contributed by atoms with Gasteiger partial charge in [0, 0.05) is 12.6 Å². The molecule has 0 saturated carbocycles. The Morgan fingerprint density at radius 2 is 2.00 bits per heavy atom. The third-order valence-electron chi connectivity index (χ3n) is 3.88. The summed E-state index contributed by atoms with van der Waals surface area (Å²) in [6.45, 7) is 3.40. The number of fused-ring (bicyclic) bond motifs is 1. The monoisotopic (exact) mass is 297 g/mol. The Labute approximate surface area is 119 Å². The molecular weight excluding hydrogens is 278 g/mol. The van der Waals surface area contributed by atoms with Crippen LogP contribution >= 0.6 is 0 Å². The van der Waals surface area contributed by atoms with Crippen molar-refractivity contribution < 1.29 is 17.9 Å². The molecule has 1 aromatic carbocycles. The first kappa shape index (κ1) is 13.7. The van der Waals surface area contributed by atoms with E-state index >= 15 is 0 Å². The summed E-state index contributed by atoms with van der Waals surface area (Å²) in [5, 5.41) is 0. The second-order valence-electron chi connectivity index (χ2n) is 5.07. The molecule has 5 nitrogen and oxygen atoms in total. The first-order valence-electron chi connectivity index (χ1n) is 7.01. The second kappa shape index (κ2) is 5.26. The third kappa shape index (κ3) is 2.38. The molecule has 0 aliphatic carbocycles. The zero-order valence-corrected chi connectivity index (χ0v) is 12.4. The Balaban J connectivity index is 1.92. The molecule has 0 bridgehead atoms. The molecule has 1 saturated heterocycles. The number of sulfonamides is 1. The van der Waals surface area contributed by atoms with E-state index < -0.39 is 10.0 Å². The summed E-state index contributed by atoms with van der Waals surface area (Å²) in [7, 11) is -3.16. The van der Waals surface area contributed by atoms with Crippen LogP contribution < -0.4 is 9.47 Å². The van der Waals surface area contributed by atoms with Gasteiger partial charge in [-0.1, -0.05) is 6.07 Å². The predicted octanol–water partition coefficient (Wildman–Crippen LogP) is 1.94. The summed E-state index contributed by atoms with van der Waals surface area (Å²) in [5.41, 5.74) is 0.990. The number of ether oxygens (including phenoxy) is 2. The first-order chi connectivity index (χ1) is 9.62. The van der Waals surface area contributed by atoms with Crippen molar-refractivity contribution in [1.82, 2.24) is 4.31 Å². The average molecular weight is 297 g/mol. The molecule has 2 aliphatic heterocycles. The minimum atomic E-state index is -3.16. The highest BCUT2D eigenvalue weighted by Crippen LogP contribution is 2.39. The van der Waals surface area contributed by atoms with Crippen LogP contribution in [0.25, 0.3) is 0 Å². The Hall–Kier alpha value is -1.27. The highest BCUT2D eigenvalue weighted by atomic mass is 32.2. The molecule has 0 radical (unpaired) electrons. The van der Waals surface area contributed by atoms with Gasteiger partial charge in [0.25, 0.3) is 0 Å². The van der Waals surface area contributed by atoms with E-state index in [4.69, 9.17) is 9.47 Å². The maximum absolute atomic E-state index is 12.1. The van der Waals surface area contributed by atoms with Crippen LogP contribution in [0.2, 0.25) is 0 Å². The molecule has 0 N–H and O–H groups in total. The maximum atomic E-state index is 12.1. The Kier molecular flexibility index (Phi) is 3.60. The van der Waals surface area contributed by atoms with Crippen molar-refractivity contribution in [2.45, 2.75) is 25.8 Å². The number of hydrogen-bond donors (Lipinski definition) is 0. The van der Waals surface area contributed by atoms with Crippen LogP contribution in [-0.2, 0) is 10.0 Å². The van der Waals surface area contributed by atoms with E-state index in [1.165, 1.54) is 0 Å².